The fourth-order valence-corrected chi connectivity index (χ4v) is 2.82. The van der Waals surface area contributed by atoms with E-state index in [1.807, 2.05) is 19.6 Å². The van der Waals surface area contributed by atoms with Gasteiger partial charge in [-0.3, -0.25) is 4.90 Å². The van der Waals surface area contributed by atoms with E-state index < -0.39 is 0 Å². The van der Waals surface area contributed by atoms with Crippen LogP contribution in [-0.2, 0) is 18.3 Å². The van der Waals surface area contributed by atoms with Crippen molar-refractivity contribution < 1.29 is 4.74 Å². The monoisotopic (exact) mass is 280 g/mol. The molecule has 0 aliphatic carbocycles. The average Bonchev–Trinajstić information content (AvgIpc) is 2.78. The van der Waals surface area contributed by atoms with Crippen molar-refractivity contribution >= 4 is 0 Å². The Labute approximate surface area is 122 Å². The molecule has 5 heteroatoms. The topological polar surface area (TPSA) is 42.3 Å². The van der Waals surface area contributed by atoms with Gasteiger partial charge in [0, 0.05) is 32.9 Å². The molecular formula is C15H28N4O. The number of unbranched alkanes of at least 4 members (excludes halogenated alkanes) is 1. The summed E-state index contributed by atoms with van der Waals surface area (Å²) in [6.45, 7) is 9.64. The molecule has 1 N–H and O–H groups in total. The van der Waals surface area contributed by atoms with Gasteiger partial charge < -0.3 is 14.6 Å². The van der Waals surface area contributed by atoms with E-state index in [0.29, 0.717) is 12.2 Å². The summed E-state index contributed by atoms with van der Waals surface area (Å²) in [5.41, 5.74) is 1.24. The third-order valence-electron chi connectivity index (χ3n) is 3.80. The molecule has 5 nitrogen and oxygen atoms in total. The van der Waals surface area contributed by atoms with Gasteiger partial charge >= 0.3 is 0 Å². The SMILES string of the molecule is CC1CN(CCCCNCc2cncn2C)CC(C)O1. The maximum Gasteiger partial charge on any atom is 0.0945 e. The summed E-state index contributed by atoms with van der Waals surface area (Å²) in [6.07, 6.45) is 6.99. The van der Waals surface area contributed by atoms with E-state index in [0.717, 1.165) is 26.2 Å². The summed E-state index contributed by atoms with van der Waals surface area (Å²) in [7, 11) is 2.03. The highest BCUT2D eigenvalue weighted by Gasteiger charge is 2.21. The second-order valence-electron chi connectivity index (χ2n) is 5.90. The summed E-state index contributed by atoms with van der Waals surface area (Å²) in [5.74, 6) is 0. The first-order chi connectivity index (χ1) is 9.65. The Morgan fingerprint density at radius 1 is 1.30 bits per heavy atom. The molecule has 2 atom stereocenters. The Bertz CT molecular complexity index is 383. The van der Waals surface area contributed by atoms with E-state index in [4.69, 9.17) is 4.74 Å². The predicted molar refractivity (Wildman–Crippen MR) is 80.6 cm³/mol. The molecular weight excluding hydrogens is 252 g/mol. The number of hydrogen-bond donors (Lipinski definition) is 1. The Morgan fingerprint density at radius 2 is 2.05 bits per heavy atom. The number of aryl methyl sites for hydroxylation is 1. The highest BCUT2D eigenvalue weighted by Crippen LogP contribution is 2.11. The van der Waals surface area contributed by atoms with Crippen molar-refractivity contribution in [1.29, 1.82) is 0 Å². The highest BCUT2D eigenvalue weighted by atomic mass is 16.5. The van der Waals surface area contributed by atoms with Crippen molar-refractivity contribution in [3.05, 3.63) is 18.2 Å². The Kier molecular flexibility index (Phi) is 6.01. The lowest BCUT2D eigenvalue weighted by atomic mass is 10.2. The van der Waals surface area contributed by atoms with E-state index in [1.54, 1.807) is 0 Å². The number of aromatic nitrogens is 2. The number of ether oxygens (including phenoxy) is 1. The van der Waals surface area contributed by atoms with Crippen molar-refractivity contribution in [3.8, 4) is 0 Å². The van der Waals surface area contributed by atoms with Crippen molar-refractivity contribution in [3.63, 3.8) is 0 Å². The van der Waals surface area contributed by atoms with E-state index in [1.165, 1.54) is 25.1 Å². The van der Waals surface area contributed by atoms with Gasteiger partial charge in [-0.25, -0.2) is 4.98 Å². The van der Waals surface area contributed by atoms with Crippen LogP contribution >= 0.6 is 0 Å². The molecule has 1 fully saturated rings. The van der Waals surface area contributed by atoms with Gasteiger partial charge in [0.25, 0.3) is 0 Å². The lowest BCUT2D eigenvalue weighted by molar-refractivity contribution is -0.0681. The first-order valence-electron chi connectivity index (χ1n) is 7.69. The minimum absolute atomic E-state index is 0.377. The van der Waals surface area contributed by atoms with Crippen molar-refractivity contribution in [2.75, 3.05) is 26.2 Å². The normalized spacial score (nSPS) is 24.1. The molecule has 0 spiro atoms. The number of morpholine rings is 1. The Hall–Kier alpha value is -0.910. The largest absolute Gasteiger partial charge is 0.373 e. The Morgan fingerprint density at radius 3 is 2.70 bits per heavy atom. The summed E-state index contributed by atoms with van der Waals surface area (Å²) in [6, 6.07) is 0. The zero-order valence-electron chi connectivity index (χ0n) is 13.0. The minimum Gasteiger partial charge on any atom is -0.373 e. The molecule has 2 heterocycles. The summed E-state index contributed by atoms with van der Waals surface area (Å²) >= 11 is 0. The van der Waals surface area contributed by atoms with Crippen LogP contribution in [0.1, 0.15) is 32.4 Å². The number of rotatable bonds is 7. The van der Waals surface area contributed by atoms with Crippen LogP contribution in [0.2, 0.25) is 0 Å². The molecule has 0 radical (unpaired) electrons. The maximum absolute atomic E-state index is 5.75. The van der Waals surface area contributed by atoms with Gasteiger partial charge in [0.2, 0.25) is 0 Å². The molecule has 0 bridgehead atoms. The molecule has 20 heavy (non-hydrogen) atoms. The van der Waals surface area contributed by atoms with Gasteiger partial charge in [0.05, 0.1) is 24.2 Å². The first-order valence-corrected chi connectivity index (χ1v) is 7.69. The van der Waals surface area contributed by atoms with Crippen molar-refractivity contribution in [2.45, 2.75) is 45.4 Å². The van der Waals surface area contributed by atoms with Gasteiger partial charge in [0.1, 0.15) is 0 Å². The van der Waals surface area contributed by atoms with Gasteiger partial charge in [-0.15, -0.1) is 0 Å². The molecule has 2 unspecified atom stereocenters. The van der Waals surface area contributed by atoms with E-state index in [9.17, 15) is 0 Å². The fourth-order valence-electron chi connectivity index (χ4n) is 2.82. The fraction of sp³-hybridized carbons (Fsp3) is 0.800. The molecule has 2 rings (SSSR count). The highest BCUT2D eigenvalue weighted by molar-refractivity contribution is 4.96. The molecule has 1 aliphatic rings. The van der Waals surface area contributed by atoms with Gasteiger partial charge in [0.15, 0.2) is 0 Å². The van der Waals surface area contributed by atoms with Crippen LogP contribution in [0, 0.1) is 0 Å². The maximum atomic E-state index is 5.75. The van der Waals surface area contributed by atoms with Crippen LogP contribution < -0.4 is 5.32 Å². The second kappa shape index (κ2) is 7.76. The number of hydrogen-bond acceptors (Lipinski definition) is 4. The minimum atomic E-state index is 0.377. The van der Waals surface area contributed by atoms with Crippen LogP contribution in [0.3, 0.4) is 0 Å². The molecule has 1 aliphatic heterocycles. The molecule has 1 aromatic heterocycles. The van der Waals surface area contributed by atoms with Crippen LogP contribution in [0.25, 0.3) is 0 Å². The third kappa shape index (κ3) is 4.89. The van der Waals surface area contributed by atoms with Gasteiger partial charge in [-0.1, -0.05) is 0 Å². The summed E-state index contributed by atoms with van der Waals surface area (Å²) < 4.78 is 7.81. The van der Waals surface area contributed by atoms with Crippen molar-refractivity contribution in [2.24, 2.45) is 7.05 Å². The molecule has 114 valence electrons. The van der Waals surface area contributed by atoms with Crippen LogP contribution in [0.5, 0.6) is 0 Å². The number of nitrogens with zero attached hydrogens (tertiary/aromatic N) is 3. The second-order valence-corrected chi connectivity index (χ2v) is 5.90. The number of imidazole rings is 1. The summed E-state index contributed by atoms with van der Waals surface area (Å²) in [4.78, 5) is 6.64. The molecule has 0 saturated carbocycles. The van der Waals surface area contributed by atoms with Crippen molar-refractivity contribution in [1.82, 2.24) is 19.8 Å². The zero-order valence-corrected chi connectivity index (χ0v) is 13.0. The third-order valence-corrected chi connectivity index (χ3v) is 3.80. The standard InChI is InChI=1S/C15H28N4O/c1-13-10-19(11-14(2)20-13)7-5-4-6-16-8-15-9-17-12-18(15)3/h9,12-14,16H,4-8,10-11H2,1-3H3. The average molecular weight is 280 g/mol. The predicted octanol–water partition coefficient (Wildman–Crippen LogP) is 1.40. The number of nitrogens with one attached hydrogen (secondary N) is 1. The Balaban J connectivity index is 1.52. The molecule has 0 amide bonds. The smallest absolute Gasteiger partial charge is 0.0945 e. The molecule has 1 aromatic rings. The summed E-state index contributed by atoms with van der Waals surface area (Å²) in [5, 5.41) is 3.48. The lowest BCUT2D eigenvalue weighted by Crippen LogP contribution is -2.45. The van der Waals surface area contributed by atoms with Crippen LogP contribution in [0.4, 0.5) is 0 Å². The van der Waals surface area contributed by atoms with E-state index >= 15 is 0 Å². The van der Waals surface area contributed by atoms with Crippen LogP contribution in [0.15, 0.2) is 12.5 Å². The molecule has 1 saturated heterocycles. The van der Waals surface area contributed by atoms with Gasteiger partial charge in [-0.2, -0.15) is 0 Å². The zero-order chi connectivity index (χ0) is 14.4. The lowest BCUT2D eigenvalue weighted by Gasteiger charge is -2.35. The van der Waals surface area contributed by atoms with Crippen LogP contribution in [-0.4, -0.2) is 52.8 Å². The molecule has 0 aromatic carbocycles. The van der Waals surface area contributed by atoms with E-state index in [2.05, 4.69) is 33.6 Å². The quantitative estimate of drug-likeness (QED) is 0.767. The first kappa shape index (κ1) is 15.5. The van der Waals surface area contributed by atoms with Gasteiger partial charge in [-0.05, 0) is 39.8 Å². The van der Waals surface area contributed by atoms with E-state index in [-0.39, 0.29) is 0 Å².